The number of aromatic amines is 1. The van der Waals surface area contributed by atoms with Crippen molar-refractivity contribution in [1.29, 1.82) is 0 Å². The van der Waals surface area contributed by atoms with Crippen LogP contribution in [0.15, 0.2) is 112 Å². The molecule has 1 atom stereocenters. The Morgan fingerprint density at radius 1 is 1.03 bits per heavy atom. The van der Waals surface area contributed by atoms with Gasteiger partial charge in [-0.1, -0.05) is 89.7 Å². The third-order valence-corrected chi connectivity index (χ3v) is 7.84. The lowest BCUT2D eigenvalue weighted by Crippen LogP contribution is -2.40. The van der Waals surface area contributed by atoms with Crippen molar-refractivity contribution in [2.75, 3.05) is 5.32 Å². The van der Waals surface area contributed by atoms with Gasteiger partial charge in [-0.3, -0.25) is 19.3 Å². The molecule has 39 heavy (non-hydrogen) atoms. The number of H-pyrrole nitrogens is 1. The minimum absolute atomic E-state index is 0.263. The number of para-hydroxylation sites is 1. The second-order valence-electron chi connectivity index (χ2n) is 8.99. The molecule has 0 radical (unpaired) electrons. The molecule has 0 fully saturated rings. The molecule has 1 aliphatic rings. The number of aromatic nitrogens is 3. The Labute approximate surface area is 232 Å². The Morgan fingerprint density at radius 3 is 2.46 bits per heavy atom. The molecule has 2 N–H and O–H groups in total. The van der Waals surface area contributed by atoms with Crippen molar-refractivity contribution < 1.29 is 4.79 Å². The first kappa shape index (κ1) is 24.8. The molecule has 0 bridgehead atoms. The number of hydrogen-bond donors (Lipinski definition) is 2. The van der Waals surface area contributed by atoms with Gasteiger partial charge in [-0.05, 0) is 36.8 Å². The Balaban J connectivity index is 1.51. The van der Waals surface area contributed by atoms with E-state index in [2.05, 4.69) is 15.5 Å². The van der Waals surface area contributed by atoms with Gasteiger partial charge in [0, 0.05) is 21.8 Å². The number of amides is 1. The number of fused-ring (bicyclic) bond motifs is 1. The van der Waals surface area contributed by atoms with Gasteiger partial charge in [-0.2, -0.15) is 5.10 Å². The summed E-state index contributed by atoms with van der Waals surface area (Å²) >= 11 is 7.92. The van der Waals surface area contributed by atoms with Crippen LogP contribution in [0.5, 0.6) is 0 Å². The van der Waals surface area contributed by atoms with Crippen LogP contribution in [0.4, 0.5) is 5.69 Å². The molecule has 5 aromatic rings. The van der Waals surface area contributed by atoms with E-state index in [4.69, 9.17) is 16.6 Å². The van der Waals surface area contributed by atoms with Gasteiger partial charge in [0.2, 0.25) is 0 Å². The number of carbonyl (C=O) groups excluding carboxylic acids is 1. The number of thiazole rings is 1. The number of hydrogen-bond acceptors (Lipinski definition) is 5. The molecule has 3 aromatic carbocycles. The summed E-state index contributed by atoms with van der Waals surface area (Å²) in [6.45, 7) is 1.78. The van der Waals surface area contributed by atoms with Gasteiger partial charge in [0.05, 0.1) is 33.7 Å². The third-order valence-electron chi connectivity index (χ3n) is 6.52. The van der Waals surface area contributed by atoms with Crippen molar-refractivity contribution >= 4 is 40.6 Å². The Bertz CT molecular complexity index is 1910. The highest BCUT2D eigenvalue weighted by atomic mass is 35.5. The minimum atomic E-state index is -0.751. The number of nitrogens with one attached hydrogen (secondary N) is 2. The molecular weight excluding hydrogens is 530 g/mol. The fraction of sp³-hybridized carbons (Fsp3) is 0.0667. The lowest BCUT2D eigenvalue weighted by atomic mass is 9.95. The minimum Gasteiger partial charge on any atom is -0.322 e. The van der Waals surface area contributed by atoms with Crippen molar-refractivity contribution in [3.05, 3.63) is 138 Å². The van der Waals surface area contributed by atoms with Crippen LogP contribution in [0, 0.1) is 0 Å². The zero-order valence-corrected chi connectivity index (χ0v) is 22.3. The van der Waals surface area contributed by atoms with Crippen molar-refractivity contribution in [1.82, 2.24) is 14.8 Å². The number of allylic oxidation sites excluding steroid dienone is 1. The molecule has 1 aliphatic heterocycles. The van der Waals surface area contributed by atoms with Crippen LogP contribution in [-0.2, 0) is 4.79 Å². The molecule has 2 aromatic heterocycles. The van der Waals surface area contributed by atoms with Crippen LogP contribution >= 0.6 is 22.9 Å². The van der Waals surface area contributed by atoms with Crippen LogP contribution in [0.2, 0.25) is 5.02 Å². The maximum absolute atomic E-state index is 14.0. The first-order valence-corrected chi connectivity index (χ1v) is 13.4. The van der Waals surface area contributed by atoms with E-state index in [1.54, 1.807) is 23.8 Å². The maximum Gasteiger partial charge on any atom is 0.271 e. The van der Waals surface area contributed by atoms with Gasteiger partial charge in [0.15, 0.2) is 4.80 Å². The van der Waals surface area contributed by atoms with Gasteiger partial charge < -0.3 is 5.32 Å². The fourth-order valence-electron chi connectivity index (χ4n) is 4.71. The summed E-state index contributed by atoms with van der Waals surface area (Å²) < 4.78 is 2.04. The molecule has 1 amide bonds. The predicted molar refractivity (Wildman–Crippen MR) is 154 cm³/mol. The summed E-state index contributed by atoms with van der Waals surface area (Å²) in [7, 11) is 0. The number of halogens is 1. The van der Waals surface area contributed by atoms with Gasteiger partial charge in [0.25, 0.3) is 11.5 Å². The predicted octanol–water partition coefficient (Wildman–Crippen LogP) is 4.92. The van der Waals surface area contributed by atoms with E-state index in [0.29, 0.717) is 36.9 Å². The molecule has 0 saturated heterocycles. The summed E-state index contributed by atoms with van der Waals surface area (Å²) in [4.78, 5) is 32.8. The number of carbonyl (C=O) groups is 1. The first-order valence-electron chi connectivity index (χ1n) is 12.2. The van der Waals surface area contributed by atoms with E-state index < -0.39 is 6.04 Å². The Kier molecular flexibility index (Phi) is 6.56. The molecule has 0 aliphatic carbocycles. The van der Waals surface area contributed by atoms with Crippen molar-refractivity contribution in [3.8, 4) is 11.3 Å². The van der Waals surface area contributed by atoms with E-state index in [9.17, 15) is 9.59 Å². The van der Waals surface area contributed by atoms with E-state index in [1.165, 1.54) is 11.3 Å². The molecule has 3 heterocycles. The monoisotopic (exact) mass is 551 g/mol. The zero-order chi connectivity index (χ0) is 26.9. The smallest absolute Gasteiger partial charge is 0.271 e. The average molecular weight is 552 g/mol. The summed E-state index contributed by atoms with van der Waals surface area (Å²) in [5.74, 6) is -0.345. The Hall–Kier alpha value is -4.53. The molecular formula is C30H22ClN5O2S. The quantitative estimate of drug-likeness (QED) is 0.325. The van der Waals surface area contributed by atoms with E-state index in [0.717, 1.165) is 16.8 Å². The van der Waals surface area contributed by atoms with Gasteiger partial charge >= 0.3 is 0 Å². The summed E-state index contributed by atoms with van der Waals surface area (Å²) in [6.07, 6.45) is 3.50. The summed E-state index contributed by atoms with van der Waals surface area (Å²) in [5, 5.41) is 10.6. The number of rotatable bonds is 5. The SMILES string of the molecule is CC1=C(C(=O)Nc2ccccc2)[C@@H](c2ccccc2Cl)n2c(sc(=Cc3cn[nH]c3-c3ccccc3)c2=O)=N1. The molecule has 192 valence electrons. The standard InChI is InChI=1S/C30H22ClN5O2S/c1-18-25(28(37)34-21-12-6-3-7-13-21)27(22-14-8-9-15-23(22)31)36-29(38)24(39-30(36)33-18)16-20-17-32-35-26(20)19-10-4-2-5-11-19/h2-17,27H,1H3,(H,32,35)(H,34,37)/t27-/m1/s1. The highest BCUT2D eigenvalue weighted by Gasteiger charge is 2.33. The van der Waals surface area contributed by atoms with Gasteiger partial charge in [-0.25, -0.2) is 4.99 Å². The topological polar surface area (TPSA) is 92.1 Å². The average Bonchev–Trinajstić information content (AvgIpc) is 3.53. The third kappa shape index (κ3) is 4.65. The normalized spacial score (nSPS) is 15.1. The van der Waals surface area contributed by atoms with Gasteiger partial charge in [-0.15, -0.1) is 0 Å². The molecule has 7 nitrogen and oxygen atoms in total. The second kappa shape index (κ2) is 10.3. The lowest BCUT2D eigenvalue weighted by molar-refractivity contribution is -0.113. The van der Waals surface area contributed by atoms with Crippen molar-refractivity contribution in [2.45, 2.75) is 13.0 Å². The van der Waals surface area contributed by atoms with Crippen molar-refractivity contribution in [3.63, 3.8) is 0 Å². The number of anilines is 1. The lowest BCUT2D eigenvalue weighted by Gasteiger charge is -2.26. The molecule has 0 saturated carbocycles. The first-order chi connectivity index (χ1) is 19.0. The van der Waals surface area contributed by atoms with E-state index in [-0.39, 0.29) is 11.5 Å². The highest BCUT2D eigenvalue weighted by Crippen LogP contribution is 2.34. The van der Waals surface area contributed by atoms with Crippen LogP contribution in [0.1, 0.15) is 24.1 Å². The number of benzene rings is 3. The zero-order valence-electron chi connectivity index (χ0n) is 20.8. The summed E-state index contributed by atoms with van der Waals surface area (Å²) in [6, 6.07) is 25.5. The molecule has 0 unspecified atom stereocenters. The fourth-order valence-corrected chi connectivity index (χ4v) is 5.98. The Morgan fingerprint density at radius 2 is 1.72 bits per heavy atom. The summed E-state index contributed by atoms with van der Waals surface area (Å²) in [5.41, 5.74) is 4.45. The maximum atomic E-state index is 14.0. The second-order valence-corrected chi connectivity index (χ2v) is 10.4. The molecule has 0 spiro atoms. The van der Waals surface area contributed by atoms with Crippen molar-refractivity contribution in [2.24, 2.45) is 4.99 Å². The van der Waals surface area contributed by atoms with Crippen LogP contribution in [0.25, 0.3) is 17.3 Å². The van der Waals surface area contributed by atoms with Crippen LogP contribution in [0.3, 0.4) is 0 Å². The molecule has 9 heteroatoms. The van der Waals surface area contributed by atoms with Crippen LogP contribution in [-0.4, -0.2) is 20.7 Å². The largest absolute Gasteiger partial charge is 0.322 e. The van der Waals surface area contributed by atoms with Gasteiger partial charge in [0.1, 0.15) is 0 Å². The van der Waals surface area contributed by atoms with E-state index >= 15 is 0 Å². The number of nitrogens with zero attached hydrogens (tertiary/aromatic N) is 3. The molecule has 6 rings (SSSR count). The van der Waals surface area contributed by atoms with Crippen LogP contribution < -0.4 is 20.2 Å². The highest BCUT2D eigenvalue weighted by molar-refractivity contribution is 7.07. The van der Waals surface area contributed by atoms with E-state index in [1.807, 2.05) is 84.9 Å².